The maximum atomic E-state index is 13.1. The van der Waals surface area contributed by atoms with Crippen LogP contribution in [0.2, 0.25) is 0 Å². The first-order valence-corrected chi connectivity index (χ1v) is 11.7. The fourth-order valence-corrected chi connectivity index (χ4v) is 4.53. The van der Waals surface area contributed by atoms with Crippen LogP contribution in [0.5, 0.6) is 5.75 Å². The van der Waals surface area contributed by atoms with Crippen LogP contribution < -0.4 is 15.4 Å². The first-order chi connectivity index (χ1) is 16.7. The molecule has 1 saturated heterocycles. The Labute approximate surface area is 203 Å². The highest BCUT2D eigenvalue weighted by atomic mass is 32.1. The van der Waals surface area contributed by atoms with Crippen LogP contribution in [0.1, 0.15) is 34.5 Å². The molecule has 1 aromatic heterocycles. The Morgan fingerprint density at radius 2 is 1.97 bits per heavy atom. The van der Waals surface area contributed by atoms with Crippen molar-refractivity contribution in [2.75, 3.05) is 19.0 Å². The van der Waals surface area contributed by atoms with E-state index in [1.54, 1.807) is 24.6 Å². The van der Waals surface area contributed by atoms with Gasteiger partial charge < -0.3 is 20.3 Å². The summed E-state index contributed by atoms with van der Waals surface area (Å²) in [5.41, 5.74) is 0.568. The number of anilines is 2. The maximum Gasteiger partial charge on any atom is 0.416 e. The largest absolute Gasteiger partial charge is 0.497 e. The molecule has 1 aliphatic rings. The zero-order valence-electron chi connectivity index (χ0n) is 18.8. The highest BCUT2D eigenvalue weighted by molar-refractivity contribution is 7.14. The van der Waals surface area contributed by atoms with E-state index in [0.29, 0.717) is 30.1 Å². The highest BCUT2D eigenvalue weighted by Gasteiger charge is 2.35. The molecule has 1 atom stereocenters. The summed E-state index contributed by atoms with van der Waals surface area (Å²) in [6.07, 6.45) is -3.33. The lowest BCUT2D eigenvalue weighted by atomic mass is 10.1. The number of benzene rings is 2. The van der Waals surface area contributed by atoms with Crippen molar-refractivity contribution < 1.29 is 27.5 Å². The number of carbonyl (C=O) groups is 2. The van der Waals surface area contributed by atoms with Gasteiger partial charge in [-0.15, -0.1) is 11.3 Å². The lowest BCUT2D eigenvalue weighted by Crippen LogP contribution is -2.45. The number of thiazole rings is 1. The van der Waals surface area contributed by atoms with Gasteiger partial charge in [0.1, 0.15) is 17.5 Å². The fourth-order valence-electron chi connectivity index (χ4n) is 3.82. The normalized spacial score (nSPS) is 15.7. The monoisotopic (exact) mass is 504 g/mol. The van der Waals surface area contributed by atoms with Crippen molar-refractivity contribution in [1.82, 2.24) is 15.2 Å². The zero-order chi connectivity index (χ0) is 25.0. The van der Waals surface area contributed by atoms with Crippen LogP contribution in [0.15, 0.2) is 53.9 Å². The number of alkyl halides is 3. The van der Waals surface area contributed by atoms with E-state index in [2.05, 4.69) is 15.6 Å². The molecule has 35 heavy (non-hydrogen) atoms. The Morgan fingerprint density at radius 3 is 2.69 bits per heavy atom. The van der Waals surface area contributed by atoms with Crippen LogP contribution in [0.4, 0.5) is 24.0 Å². The van der Waals surface area contributed by atoms with E-state index in [9.17, 15) is 22.8 Å². The number of halogens is 3. The van der Waals surface area contributed by atoms with Crippen molar-refractivity contribution in [3.63, 3.8) is 0 Å². The quantitative estimate of drug-likeness (QED) is 0.481. The van der Waals surface area contributed by atoms with Crippen LogP contribution in [-0.2, 0) is 17.5 Å². The summed E-state index contributed by atoms with van der Waals surface area (Å²) in [6.45, 7) is 0.340. The Bertz CT molecular complexity index is 1200. The summed E-state index contributed by atoms with van der Waals surface area (Å²) >= 11 is 1.27. The van der Waals surface area contributed by atoms with Gasteiger partial charge in [-0.25, -0.2) is 4.98 Å². The molecule has 1 unspecified atom stereocenters. The summed E-state index contributed by atoms with van der Waals surface area (Å²) < 4.78 is 43.9. The van der Waals surface area contributed by atoms with Gasteiger partial charge in [-0.3, -0.25) is 9.59 Å². The number of hydrogen-bond donors (Lipinski definition) is 2. The third-order valence-electron chi connectivity index (χ3n) is 5.60. The number of carbonyl (C=O) groups excluding carboxylic acids is 2. The van der Waals surface area contributed by atoms with Crippen LogP contribution in [-0.4, -0.2) is 41.4 Å². The number of amides is 2. The second-order valence-corrected chi connectivity index (χ2v) is 8.82. The minimum Gasteiger partial charge on any atom is -0.497 e. The third kappa shape index (κ3) is 5.91. The smallest absolute Gasteiger partial charge is 0.416 e. The molecule has 2 aromatic carbocycles. The molecule has 2 N–H and O–H groups in total. The van der Waals surface area contributed by atoms with E-state index < -0.39 is 23.7 Å². The van der Waals surface area contributed by atoms with Gasteiger partial charge in [0, 0.05) is 24.2 Å². The molecule has 7 nitrogen and oxygen atoms in total. The number of likely N-dealkylation sites (tertiary alicyclic amines) is 1. The molecule has 11 heteroatoms. The predicted molar refractivity (Wildman–Crippen MR) is 126 cm³/mol. The molecule has 1 aliphatic heterocycles. The van der Waals surface area contributed by atoms with Gasteiger partial charge >= 0.3 is 6.18 Å². The van der Waals surface area contributed by atoms with Crippen LogP contribution in [0, 0.1) is 0 Å². The van der Waals surface area contributed by atoms with Gasteiger partial charge in [-0.1, -0.05) is 12.1 Å². The van der Waals surface area contributed by atoms with Crippen LogP contribution in [0.25, 0.3) is 0 Å². The number of nitrogens with one attached hydrogen (secondary N) is 2. The minimum absolute atomic E-state index is 0.0616. The van der Waals surface area contributed by atoms with Crippen molar-refractivity contribution >= 4 is 34.0 Å². The molecule has 0 spiro atoms. The lowest BCUT2D eigenvalue weighted by Gasteiger charge is -2.23. The fraction of sp³-hybridized carbons (Fsp3) is 0.292. The van der Waals surface area contributed by atoms with Crippen molar-refractivity contribution in [3.8, 4) is 5.75 Å². The van der Waals surface area contributed by atoms with Gasteiger partial charge in [0.25, 0.3) is 5.91 Å². The molecule has 0 saturated carbocycles. The summed E-state index contributed by atoms with van der Waals surface area (Å²) in [4.78, 5) is 31.7. The number of hydrogen-bond acceptors (Lipinski definition) is 6. The number of ether oxygens (including phenoxy) is 1. The van der Waals surface area contributed by atoms with Gasteiger partial charge in [-0.2, -0.15) is 13.2 Å². The van der Waals surface area contributed by atoms with Gasteiger partial charge in [0.2, 0.25) is 5.91 Å². The minimum atomic E-state index is -4.46. The zero-order valence-corrected chi connectivity index (χ0v) is 19.6. The second-order valence-electron chi connectivity index (χ2n) is 7.96. The summed E-state index contributed by atoms with van der Waals surface area (Å²) in [6, 6.07) is 11.4. The van der Waals surface area contributed by atoms with Crippen molar-refractivity contribution in [2.24, 2.45) is 0 Å². The maximum absolute atomic E-state index is 13.1. The molecule has 0 aliphatic carbocycles. The molecule has 1 fully saturated rings. The first-order valence-electron chi connectivity index (χ1n) is 10.9. The summed E-state index contributed by atoms with van der Waals surface area (Å²) in [5.74, 6) is -0.0437. The van der Waals surface area contributed by atoms with E-state index in [4.69, 9.17) is 4.74 Å². The molecule has 184 valence electrons. The predicted octanol–water partition coefficient (Wildman–Crippen LogP) is 4.84. The van der Waals surface area contributed by atoms with Crippen LogP contribution in [0.3, 0.4) is 0 Å². The molecular weight excluding hydrogens is 481 g/mol. The molecular formula is C24H23F3N4O3S. The van der Waals surface area contributed by atoms with Crippen molar-refractivity contribution in [3.05, 3.63) is 70.7 Å². The number of aromatic nitrogens is 1. The number of nitrogens with zero attached hydrogens (tertiary/aromatic N) is 2. The van der Waals surface area contributed by atoms with Crippen molar-refractivity contribution in [1.29, 1.82) is 0 Å². The lowest BCUT2D eigenvalue weighted by molar-refractivity contribution is -0.137. The standard InChI is InChI=1S/C24H23F3N4O3S/c1-34-18-9-7-17(8-10-18)29-23-30-19(14-35-23)22(33)31-11-3-6-20(31)21(32)28-13-15-4-2-5-16(12-15)24(25,26)27/h2,4-5,7-10,12,14,20H,3,6,11,13H2,1H3,(H,28,32)(H,29,30). The average molecular weight is 505 g/mol. The second kappa shape index (κ2) is 10.3. The number of methoxy groups -OCH3 is 1. The van der Waals surface area contributed by atoms with E-state index in [-0.39, 0.29) is 18.1 Å². The molecule has 2 amide bonds. The van der Waals surface area contributed by atoms with Crippen molar-refractivity contribution in [2.45, 2.75) is 31.6 Å². The van der Waals surface area contributed by atoms with Gasteiger partial charge in [0.05, 0.1) is 12.7 Å². The molecule has 0 bridgehead atoms. The Kier molecular flexibility index (Phi) is 7.25. The molecule has 2 heterocycles. The Balaban J connectivity index is 1.37. The molecule has 3 aromatic rings. The first kappa shape index (κ1) is 24.5. The summed E-state index contributed by atoms with van der Waals surface area (Å²) in [5, 5.41) is 7.95. The van der Waals surface area contributed by atoms with E-state index in [1.807, 2.05) is 12.1 Å². The topological polar surface area (TPSA) is 83.6 Å². The Hall–Kier alpha value is -3.60. The average Bonchev–Trinajstić information content (AvgIpc) is 3.52. The molecule has 4 rings (SSSR count). The van der Waals surface area contributed by atoms with Crippen LogP contribution >= 0.6 is 11.3 Å². The van der Waals surface area contributed by atoms with E-state index in [0.717, 1.165) is 23.6 Å². The van der Waals surface area contributed by atoms with E-state index in [1.165, 1.54) is 28.4 Å². The SMILES string of the molecule is COc1ccc(Nc2nc(C(=O)N3CCCC3C(=O)NCc3cccc(C(F)(F)F)c3)cs2)cc1. The Morgan fingerprint density at radius 1 is 1.20 bits per heavy atom. The summed E-state index contributed by atoms with van der Waals surface area (Å²) in [7, 11) is 1.58. The van der Waals surface area contributed by atoms with E-state index >= 15 is 0 Å². The van der Waals surface area contributed by atoms with Gasteiger partial charge in [0.15, 0.2) is 5.13 Å². The number of rotatable bonds is 7. The highest BCUT2D eigenvalue weighted by Crippen LogP contribution is 2.30. The van der Waals surface area contributed by atoms with Gasteiger partial charge in [-0.05, 0) is 54.8 Å². The third-order valence-corrected chi connectivity index (χ3v) is 6.36. The molecule has 0 radical (unpaired) electrons.